The van der Waals surface area contributed by atoms with Crippen LogP contribution in [0.25, 0.3) is 10.2 Å². The summed E-state index contributed by atoms with van der Waals surface area (Å²) in [5.74, 6) is -0.729. The number of rotatable bonds is 4. The number of aryl methyl sites for hydroxylation is 1. The van der Waals surface area contributed by atoms with Crippen molar-refractivity contribution in [3.8, 4) is 0 Å². The summed E-state index contributed by atoms with van der Waals surface area (Å²) in [6, 6.07) is 4.32. The Morgan fingerprint density at radius 1 is 1.36 bits per heavy atom. The number of nitrogens with one attached hydrogen (secondary N) is 2. The summed E-state index contributed by atoms with van der Waals surface area (Å²) in [6.45, 7) is 1.48. The van der Waals surface area contributed by atoms with Gasteiger partial charge in [-0.1, -0.05) is 18.5 Å². The molecule has 1 aromatic carbocycles. The third-order valence-corrected chi connectivity index (χ3v) is 5.79. The summed E-state index contributed by atoms with van der Waals surface area (Å²) in [7, 11) is 0. The van der Waals surface area contributed by atoms with E-state index in [1.54, 1.807) is 6.07 Å². The van der Waals surface area contributed by atoms with Crippen LogP contribution in [0.1, 0.15) is 17.4 Å². The summed E-state index contributed by atoms with van der Waals surface area (Å²) < 4.78 is 39.7. The molecule has 2 aromatic heterocycles. The second kappa shape index (κ2) is 7.69. The molecule has 5 nitrogen and oxygen atoms in total. The summed E-state index contributed by atoms with van der Waals surface area (Å²) in [5.41, 5.74) is -1.59. The van der Waals surface area contributed by atoms with Crippen LogP contribution in [0.2, 0.25) is 5.02 Å². The lowest BCUT2D eigenvalue weighted by Gasteiger charge is -2.12. The average molecular weight is 448 g/mol. The van der Waals surface area contributed by atoms with Gasteiger partial charge in [-0.15, -0.1) is 11.3 Å². The van der Waals surface area contributed by atoms with Crippen molar-refractivity contribution >= 4 is 57.0 Å². The number of hydrogen-bond acceptors (Lipinski definition) is 4. The molecule has 0 saturated carbocycles. The maximum Gasteiger partial charge on any atom is 0.416 e. The topological polar surface area (TPSA) is 66.9 Å². The summed E-state index contributed by atoms with van der Waals surface area (Å²) in [5, 5.41) is 2.65. The Balaban J connectivity index is 1.90. The molecule has 0 atom stereocenters. The van der Waals surface area contributed by atoms with Crippen molar-refractivity contribution in [2.24, 2.45) is 0 Å². The van der Waals surface area contributed by atoms with Crippen LogP contribution in [0.3, 0.4) is 0 Å². The number of benzene rings is 1. The molecule has 0 unspecified atom stereocenters. The van der Waals surface area contributed by atoms with Gasteiger partial charge in [0.1, 0.15) is 11.4 Å². The predicted octanol–water partition coefficient (Wildman–Crippen LogP) is 4.99. The molecule has 0 aliphatic rings. The van der Waals surface area contributed by atoms with Crippen LogP contribution in [0.15, 0.2) is 29.1 Å². The number of halogens is 4. The molecular formula is C17H13ClF3N3O2S2. The van der Waals surface area contributed by atoms with Gasteiger partial charge in [0.15, 0.2) is 4.77 Å². The molecule has 0 radical (unpaired) electrons. The highest BCUT2D eigenvalue weighted by Gasteiger charge is 2.31. The van der Waals surface area contributed by atoms with Gasteiger partial charge in [-0.05, 0) is 42.9 Å². The lowest BCUT2D eigenvalue weighted by molar-refractivity contribution is -0.137. The van der Waals surface area contributed by atoms with E-state index < -0.39 is 29.8 Å². The zero-order valence-electron chi connectivity index (χ0n) is 14.3. The first kappa shape index (κ1) is 20.6. The van der Waals surface area contributed by atoms with Gasteiger partial charge >= 0.3 is 6.18 Å². The highest BCUT2D eigenvalue weighted by Crippen LogP contribution is 2.33. The average Bonchev–Trinajstić information content (AvgIpc) is 3.02. The van der Waals surface area contributed by atoms with Crippen LogP contribution in [-0.4, -0.2) is 15.5 Å². The highest BCUT2D eigenvalue weighted by atomic mass is 35.5. The Labute approximate surface area is 170 Å². The first-order valence-corrected chi connectivity index (χ1v) is 9.62. The lowest BCUT2D eigenvalue weighted by atomic mass is 10.2. The summed E-state index contributed by atoms with van der Waals surface area (Å²) in [4.78, 5) is 29.5. The van der Waals surface area contributed by atoms with E-state index in [0.717, 1.165) is 34.1 Å². The molecule has 3 rings (SSSR count). The van der Waals surface area contributed by atoms with E-state index in [1.165, 1.54) is 11.3 Å². The van der Waals surface area contributed by atoms with E-state index in [4.69, 9.17) is 23.8 Å². The molecule has 0 saturated heterocycles. The summed E-state index contributed by atoms with van der Waals surface area (Å²) >= 11 is 12.4. The van der Waals surface area contributed by atoms with Crippen molar-refractivity contribution in [3.05, 3.63) is 54.9 Å². The van der Waals surface area contributed by atoms with Crippen LogP contribution in [-0.2, 0) is 23.9 Å². The Bertz CT molecular complexity index is 1180. The van der Waals surface area contributed by atoms with Crippen LogP contribution < -0.4 is 10.9 Å². The molecule has 0 spiro atoms. The van der Waals surface area contributed by atoms with Gasteiger partial charge in [0, 0.05) is 4.88 Å². The number of aromatic amines is 1. The molecule has 3 aromatic rings. The number of anilines is 1. The smallest absolute Gasteiger partial charge is 0.323 e. The van der Waals surface area contributed by atoms with E-state index in [-0.39, 0.29) is 15.5 Å². The van der Waals surface area contributed by atoms with Crippen molar-refractivity contribution in [2.45, 2.75) is 26.1 Å². The van der Waals surface area contributed by atoms with E-state index in [1.807, 2.05) is 6.92 Å². The number of carbonyl (C=O) groups excluding carboxylic acids is 1. The molecule has 28 heavy (non-hydrogen) atoms. The van der Waals surface area contributed by atoms with Gasteiger partial charge in [-0.3, -0.25) is 14.2 Å². The van der Waals surface area contributed by atoms with Crippen molar-refractivity contribution in [1.82, 2.24) is 9.55 Å². The van der Waals surface area contributed by atoms with Gasteiger partial charge in [0.2, 0.25) is 5.91 Å². The molecule has 148 valence electrons. The fourth-order valence-corrected chi connectivity index (χ4v) is 4.01. The maximum absolute atomic E-state index is 12.9. The largest absolute Gasteiger partial charge is 0.416 e. The molecular weight excluding hydrogens is 435 g/mol. The zero-order chi connectivity index (χ0) is 20.6. The third-order valence-electron chi connectivity index (χ3n) is 3.94. The molecule has 11 heteroatoms. The number of alkyl halides is 3. The Kier molecular flexibility index (Phi) is 5.64. The number of carbonyl (C=O) groups is 1. The molecule has 0 bridgehead atoms. The Hall–Kier alpha value is -2.17. The molecule has 0 aliphatic carbocycles. The van der Waals surface area contributed by atoms with Crippen LogP contribution >= 0.6 is 35.2 Å². The standard InChI is InChI=1S/C17H13ClF3N3O2S2/c1-2-9-6-10-14(28-9)23-16(27)24(15(10)26)7-13(25)22-12-5-8(17(19,20)21)3-4-11(12)18/h3-6H,2,7H2,1H3,(H,22,25)(H,23,27). The van der Waals surface area contributed by atoms with Crippen molar-refractivity contribution < 1.29 is 18.0 Å². The minimum absolute atomic E-state index is 0.0484. The SMILES string of the molecule is CCc1cc2c(=O)n(CC(=O)Nc3cc(C(F)(F)F)ccc3Cl)c(=S)[nH]c2s1. The van der Waals surface area contributed by atoms with E-state index in [0.29, 0.717) is 10.2 Å². The number of H-pyrrole nitrogens is 1. The van der Waals surface area contributed by atoms with Gasteiger partial charge in [0.25, 0.3) is 5.56 Å². The normalized spacial score (nSPS) is 11.8. The quantitative estimate of drug-likeness (QED) is 0.553. The first-order chi connectivity index (χ1) is 13.1. The Morgan fingerprint density at radius 3 is 2.71 bits per heavy atom. The first-order valence-electron chi connectivity index (χ1n) is 8.02. The van der Waals surface area contributed by atoms with Crippen molar-refractivity contribution in [1.29, 1.82) is 0 Å². The highest BCUT2D eigenvalue weighted by molar-refractivity contribution is 7.71. The monoisotopic (exact) mass is 447 g/mol. The fraction of sp³-hybridized carbons (Fsp3) is 0.235. The molecule has 2 N–H and O–H groups in total. The van der Waals surface area contributed by atoms with Gasteiger partial charge in [-0.2, -0.15) is 13.2 Å². The van der Waals surface area contributed by atoms with Gasteiger partial charge in [-0.25, -0.2) is 0 Å². The zero-order valence-corrected chi connectivity index (χ0v) is 16.7. The number of aromatic nitrogens is 2. The molecule has 1 amide bonds. The molecule has 2 heterocycles. The molecule has 0 aliphatic heterocycles. The third kappa shape index (κ3) is 4.13. The predicted molar refractivity (Wildman–Crippen MR) is 106 cm³/mol. The van der Waals surface area contributed by atoms with Crippen molar-refractivity contribution in [3.63, 3.8) is 0 Å². The fourth-order valence-electron chi connectivity index (χ4n) is 2.54. The molecule has 0 fully saturated rings. The summed E-state index contributed by atoms with van der Waals surface area (Å²) in [6.07, 6.45) is -3.83. The number of amides is 1. The lowest BCUT2D eigenvalue weighted by Crippen LogP contribution is -2.28. The van der Waals surface area contributed by atoms with Crippen LogP contribution in [0, 0.1) is 4.77 Å². The second-order valence-corrected chi connectivity index (χ2v) is 7.80. The van der Waals surface area contributed by atoms with Crippen molar-refractivity contribution in [2.75, 3.05) is 5.32 Å². The maximum atomic E-state index is 12.9. The Morgan fingerprint density at radius 2 is 2.07 bits per heavy atom. The minimum Gasteiger partial charge on any atom is -0.323 e. The number of nitrogens with zero attached hydrogens (tertiary/aromatic N) is 1. The number of thiophene rings is 1. The number of fused-ring (bicyclic) bond motifs is 1. The van der Waals surface area contributed by atoms with Crippen LogP contribution in [0.5, 0.6) is 0 Å². The van der Waals surface area contributed by atoms with Gasteiger partial charge < -0.3 is 10.3 Å². The number of hydrogen-bond donors (Lipinski definition) is 2. The van der Waals surface area contributed by atoms with E-state index >= 15 is 0 Å². The van der Waals surface area contributed by atoms with E-state index in [9.17, 15) is 22.8 Å². The minimum atomic E-state index is -4.58. The van der Waals surface area contributed by atoms with E-state index in [2.05, 4.69) is 10.3 Å². The second-order valence-electron chi connectivity index (χ2n) is 5.87. The van der Waals surface area contributed by atoms with Crippen LogP contribution in [0.4, 0.5) is 18.9 Å². The van der Waals surface area contributed by atoms with Gasteiger partial charge in [0.05, 0.1) is 21.7 Å².